The van der Waals surface area contributed by atoms with E-state index >= 15 is 0 Å². The van der Waals surface area contributed by atoms with Crippen LogP contribution < -0.4 is 14.8 Å². The molecule has 0 bridgehead atoms. The van der Waals surface area contributed by atoms with Crippen molar-refractivity contribution in [1.29, 1.82) is 0 Å². The summed E-state index contributed by atoms with van der Waals surface area (Å²) in [5, 5.41) is 3.59. The topological polar surface area (TPSA) is 30.5 Å². The molecule has 1 heterocycles. The molecule has 1 aromatic carbocycles. The van der Waals surface area contributed by atoms with Crippen molar-refractivity contribution in [3.05, 3.63) is 35.9 Å². The summed E-state index contributed by atoms with van der Waals surface area (Å²) in [6.07, 6.45) is 6.40. The van der Waals surface area contributed by atoms with Crippen molar-refractivity contribution in [2.24, 2.45) is 0 Å². The van der Waals surface area contributed by atoms with E-state index in [1.54, 1.807) is 14.2 Å². The third-order valence-corrected chi connectivity index (χ3v) is 3.71. The van der Waals surface area contributed by atoms with Crippen molar-refractivity contribution in [2.75, 3.05) is 20.8 Å². The molecule has 1 aliphatic rings. The zero-order chi connectivity index (χ0) is 13.7. The zero-order valence-corrected chi connectivity index (χ0v) is 11.9. The molecule has 0 radical (unpaired) electrons. The highest BCUT2D eigenvalue weighted by atomic mass is 16.5. The molecule has 1 aliphatic heterocycles. The van der Waals surface area contributed by atoms with Gasteiger partial charge in [0.25, 0.3) is 0 Å². The summed E-state index contributed by atoms with van der Waals surface area (Å²) in [6.45, 7) is 4.81. The van der Waals surface area contributed by atoms with Gasteiger partial charge in [0.05, 0.1) is 14.2 Å². The van der Waals surface area contributed by atoms with Gasteiger partial charge in [-0.25, -0.2) is 0 Å². The first-order valence-corrected chi connectivity index (χ1v) is 6.89. The van der Waals surface area contributed by atoms with Crippen LogP contribution in [0.5, 0.6) is 11.5 Å². The second-order valence-electron chi connectivity index (χ2n) is 4.88. The SMILES string of the molecule is C=CCCCC1NCCc2cc(OC)c(OC)cc21. The minimum Gasteiger partial charge on any atom is -0.493 e. The number of hydrogen-bond acceptors (Lipinski definition) is 3. The summed E-state index contributed by atoms with van der Waals surface area (Å²) in [5.41, 5.74) is 2.73. The predicted molar refractivity (Wildman–Crippen MR) is 78.0 cm³/mol. The van der Waals surface area contributed by atoms with Gasteiger partial charge in [0.15, 0.2) is 11.5 Å². The smallest absolute Gasteiger partial charge is 0.161 e. The van der Waals surface area contributed by atoms with Crippen molar-refractivity contribution < 1.29 is 9.47 Å². The van der Waals surface area contributed by atoms with E-state index in [2.05, 4.69) is 24.0 Å². The Morgan fingerprint density at radius 2 is 2.05 bits per heavy atom. The minimum atomic E-state index is 0.420. The number of allylic oxidation sites excluding steroid dienone is 1. The molecule has 1 atom stereocenters. The summed E-state index contributed by atoms with van der Waals surface area (Å²) in [4.78, 5) is 0. The first-order chi connectivity index (χ1) is 9.30. The molecule has 3 heteroatoms. The fourth-order valence-electron chi connectivity index (χ4n) is 2.69. The molecule has 104 valence electrons. The van der Waals surface area contributed by atoms with Crippen LogP contribution in [0.3, 0.4) is 0 Å². The molecule has 1 unspecified atom stereocenters. The monoisotopic (exact) mass is 261 g/mol. The maximum atomic E-state index is 5.41. The van der Waals surface area contributed by atoms with E-state index in [9.17, 15) is 0 Å². The molecule has 0 saturated carbocycles. The highest BCUT2D eigenvalue weighted by Gasteiger charge is 2.21. The molecule has 2 rings (SSSR count). The second kappa shape index (κ2) is 6.62. The van der Waals surface area contributed by atoms with Crippen LogP contribution in [0, 0.1) is 0 Å². The highest BCUT2D eigenvalue weighted by Crippen LogP contribution is 2.36. The summed E-state index contributed by atoms with van der Waals surface area (Å²) in [6, 6.07) is 4.66. The standard InChI is InChI=1S/C16H23NO2/c1-4-5-6-7-14-13-11-16(19-3)15(18-2)10-12(13)8-9-17-14/h4,10-11,14,17H,1,5-9H2,2-3H3. The van der Waals surface area contributed by atoms with Gasteiger partial charge in [0.1, 0.15) is 0 Å². The Morgan fingerprint density at radius 3 is 2.74 bits per heavy atom. The highest BCUT2D eigenvalue weighted by molar-refractivity contribution is 5.49. The van der Waals surface area contributed by atoms with E-state index in [0.29, 0.717) is 6.04 Å². The zero-order valence-electron chi connectivity index (χ0n) is 11.9. The average Bonchev–Trinajstić information content (AvgIpc) is 2.46. The molecule has 0 spiro atoms. The summed E-state index contributed by atoms with van der Waals surface area (Å²) < 4.78 is 10.8. The third-order valence-electron chi connectivity index (χ3n) is 3.71. The largest absolute Gasteiger partial charge is 0.493 e. The van der Waals surface area contributed by atoms with Gasteiger partial charge in [-0.15, -0.1) is 6.58 Å². The molecule has 1 aromatic rings. The minimum absolute atomic E-state index is 0.420. The molecule has 0 aromatic heterocycles. The first kappa shape index (κ1) is 13.9. The number of benzene rings is 1. The number of nitrogens with one attached hydrogen (secondary N) is 1. The lowest BCUT2D eigenvalue weighted by Crippen LogP contribution is -2.29. The van der Waals surface area contributed by atoms with Gasteiger partial charge in [0, 0.05) is 6.04 Å². The Bertz CT molecular complexity index is 443. The van der Waals surface area contributed by atoms with Gasteiger partial charge in [-0.2, -0.15) is 0 Å². The van der Waals surface area contributed by atoms with Gasteiger partial charge in [0.2, 0.25) is 0 Å². The van der Waals surface area contributed by atoms with E-state index in [0.717, 1.165) is 43.7 Å². The number of methoxy groups -OCH3 is 2. The second-order valence-corrected chi connectivity index (χ2v) is 4.88. The van der Waals surface area contributed by atoms with Gasteiger partial charge in [-0.1, -0.05) is 6.08 Å². The van der Waals surface area contributed by atoms with Crippen LogP contribution >= 0.6 is 0 Å². The number of unbranched alkanes of at least 4 members (excludes halogenated alkanes) is 1. The molecular formula is C16H23NO2. The lowest BCUT2D eigenvalue weighted by Gasteiger charge is -2.28. The van der Waals surface area contributed by atoms with Crippen molar-refractivity contribution in [2.45, 2.75) is 31.7 Å². The summed E-state index contributed by atoms with van der Waals surface area (Å²) >= 11 is 0. The predicted octanol–water partition coefficient (Wildman–Crippen LogP) is 3.25. The van der Waals surface area contributed by atoms with Gasteiger partial charge in [-0.05, 0) is 55.5 Å². The van der Waals surface area contributed by atoms with Crippen LogP contribution in [0.25, 0.3) is 0 Å². The summed E-state index contributed by atoms with van der Waals surface area (Å²) in [7, 11) is 3.38. The molecule has 0 aliphatic carbocycles. The Hall–Kier alpha value is -1.48. The van der Waals surface area contributed by atoms with Crippen molar-refractivity contribution in [1.82, 2.24) is 5.32 Å². The summed E-state index contributed by atoms with van der Waals surface area (Å²) in [5.74, 6) is 1.65. The van der Waals surface area contributed by atoms with Crippen LogP contribution in [0.15, 0.2) is 24.8 Å². The van der Waals surface area contributed by atoms with Crippen LogP contribution in [0.2, 0.25) is 0 Å². The normalized spacial score (nSPS) is 17.7. The van der Waals surface area contributed by atoms with Crippen molar-refractivity contribution in [3.63, 3.8) is 0 Å². The first-order valence-electron chi connectivity index (χ1n) is 6.89. The Morgan fingerprint density at radius 1 is 1.32 bits per heavy atom. The molecule has 19 heavy (non-hydrogen) atoms. The molecule has 0 amide bonds. The maximum Gasteiger partial charge on any atom is 0.161 e. The maximum absolute atomic E-state index is 5.41. The number of ether oxygens (including phenoxy) is 2. The van der Waals surface area contributed by atoms with E-state index in [1.807, 2.05) is 6.08 Å². The average molecular weight is 261 g/mol. The Balaban J connectivity index is 2.24. The molecule has 0 saturated heterocycles. The van der Waals surface area contributed by atoms with Crippen molar-refractivity contribution >= 4 is 0 Å². The van der Waals surface area contributed by atoms with Gasteiger partial charge in [-0.3, -0.25) is 0 Å². The number of rotatable bonds is 6. The fourth-order valence-corrected chi connectivity index (χ4v) is 2.69. The molecular weight excluding hydrogens is 238 g/mol. The van der Waals surface area contributed by atoms with E-state index in [4.69, 9.17) is 9.47 Å². The molecule has 3 nitrogen and oxygen atoms in total. The Labute approximate surface area is 115 Å². The fraction of sp³-hybridized carbons (Fsp3) is 0.500. The van der Waals surface area contributed by atoms with E-state index in [1.165, 1.54) is 11.1 Å². The van der Waals surface area contributed by atoms with Gasteiger partial charge >= 0.3 is 0 Å². The van der Waals surface area contributed by atoms with Crippen LogP contribution in [-0.2, 0) is 6.42 Å². The molecule has 1 N–H and O–H groups in total. The van der Waals surface area contributed by atoms with Crippen molar-refractivity contribution in [3.8, 4) is 11.5 Å². The van der Waals surface area contributed by atoms with Crippen LogP contribution in [-0.4, -0.2) is 20.8 Å². The lowest BCUT2D eigenvalue weighted by atomic mass is 9.90. The lowest BCUT2D eigenvalue weighted by molar-refractivity contribution is 0.351. The van der Waals surface area contributed by atoms with Crippen LogP contribution in [0.1, 0.15) is 36.4 Å². The van der Waals surface area contributed by atoms with Crippen LogP contribution in [0.4, 0.5) is 0 Å². The molecule has 0 fully saturated rings. The number of fused-ring (bicyclic) bond motifs is 1. The van der Waals surface area contributed by atoms with Gasteiger partial charge < -0.3 is 14.8 Å². The third kappa shape index (κ3) is 3.10. The van der Waals surface area contributed by atoms with E-state index in [-0.39, 0.29) is 0 Å². The number of hydrogen-bond donors (Lipinski definition) is 1. The Kier molecular flexibility index (Phi) is 4.86. The van der Waals surface area contributed by atoms with E-state index < -0.39 is 0 Å². The quantitative estimate of drug-likeness (QED) is 0.630.